The number of carbonyl (C=O) groups excluding carboxylic acids is 1. The van der Waals surface area contributed by atoms with Crippen LogP contribution in [0, 0.1) is 11.8 Å². The van der Waals surface area contributed by atoms with E-state index in [1.807, 2.05) is 54.6 Å². The van der Waals surface area contributed by atoms with Gasteiger partial charge in [-0.3, -0.25) is 4.79 Å². The Morgan fingerprint density at radius 3 is 2.41 bits per heavy atom. The van der Waals surface area contributed by atoms with Crippen molar-refractivity contribution >= 4 is 17.7 Å². The van der Waals surface area contributed by atoms with Gasteiger partial charge in [0.05, 0.1) is 5.69 Å². The van der Waals surface area contributed by atoms with Gasteiger partial charge in [-0.2, -0.15) is 0 Å². The Morgan fingerprint density at radius 1 is 0.941 bits per heavy atom. The molecule has 1 N–H and O–H groups in total. The second-order valence-corrected chi connectivity index (χ2v) is 3.42. The number of rotatable bonds is 2. The van der Waals surface area contributed by atoms with Crippen LogP contribution in [-0.4, -0.2) is 6.29 Å². The lowest BCUT2D eigenvalue weighted by Gasteiger charge is -2.07. The van der Waals surface area contributed by atoms with Crippen LogP contribution in [0.25, 0.3) is 0 Å². The molecule has 0 saturated heterocycles. The Kier molecular flexibility index (Phi) is 3.57. The van der Waals surface area contributed by atoms with Crippen molar-refractivity contribution in [1.82, 2.24) is 0 Å². The van der Waals surface area contributed by atoms with Crippen LogP contribution in [0.1, 0.15) is 5.56 Å². The van der Waals surface area contributed by atoms with Crippen LogP contribution in [0.3, 0.4) is 0 Å². The fourth-order valence-corrected chi connectivity index (χ4v) is 1.49. The van der Waals surface area contributed by atoms with Gasteiger partial charge >= 0.3 is 0 Å². The van der Waals surface area contributed by atoms with E-state index in [0.717, 1.165) is 16.9 Å². The molecule has 2 rings (SSSR count). The second kappa shape index (κ2) is 5.53. The zero-order chi connectivity index (χ0) is 11.9. The van der Waals surface area contributed by atoms with Gasteiger partial charge in [-0.15, -0.1) is 0 Å². The quantitative estimate of drug-likeness (QED) is 0.624. The van der Waals surface area contributed by atoms with E-state index in [9.17, 15) is 4.79 Å². The van der Waals surface area contributed by atoms with Crippen molar-refractivity contribution in [3.05, 3.63) is 60.2 Å². The lowest BCUT2D eigenvalue weighted by molar-refractivity contribution is -0.103. The summed E-state index contributed by atoms with van der Waals surface area (Å²) in [4.78, 5) is 10.3. The fraction of sp³-hybridized carbons (Fsp3) is 0. The molecule has 2 nitrogen and oxygen atoms in total. The van der Waals surface area contributed by atoms with Crippen LogP contribution >= 0.6 is 0 Å². The highest BCUT2D eigenvalue weighted by Gasteiger charge is 1.98. The van der Waals surface area contributed by atoms with Gasteiger partial charge < -0.3 is 5.32 Å². The molecule has 0 saturated carbocycles. The van der Waals surface area contributed by atoms with Crippen LogP contribution < -0.4 is 5.32 Å². The number of hydrogen-bond acceptors (Lipinski definition) is 2. The van der Waals surface area contributed by atoms with Crippen LogP contribution in [-0.2, 0) is 4.79 Å². The molecule has 0 aliphatic heterocycles. The van der Waals surface area contributed by atoms with Crippen molar-refractivity contribution in [3.63, 3.8) is 0 Å². The maximum atomic E-state index is 10.3. The first-order valence-corrected chi connectivity index (χ1v) is 5.26. The monoisotopic (exact) mass is 221 g/mol. The van der Waals surface area contributed by atoms with Crippen molar-refractivity contribution in [2.75, 3.05) is 5.32 Å². The predicted octanol–water partition coefficient (Wildman–Crippen LogP) is 2.98. The molecule has 2 heteroatoms. The summed E-state index contributed by atoms with van der Waals surface area (Å²) in [6.07, 6.45) is 0.597. The molecule has 0 radical (unpaired) electrons. The zero-order valence-electron chi connectivity index (χ0n) is 9.18. The van der Waals surface area contributed by atoms with Gasteiger partial charge in [0.25, 0.3) is 0 Å². The van der Waals surface area contributed by atoms with Gasteiger partial charge in [0.15, 0.2) is 6.29 Å². The Bertz CT molecular complexity index is 564. The molecule has 0 aliphatic carbocycles. The number of hydrogen-bond donors (Lipinski definition) is 1. The number of anilines is 2. The third kappa shape index (κ3) is 2.96. The summed E-state index contributed by atoms with van der Waals surface area (Å²) >= 11 is 0. The van der Waals surface area contributed by atoms with Crippen LogP contribution in [0.4, 0.5) is 11.4 Å². The van der Waals surface area contributed by atoms with Gasteiger partial charge in [0.1, 0.15) is 0 Å². The normalized spacial score (nSPS) is 8.94. The topological polar surface area (TPSA) is 29.1 Å². The SMILES string of the molecule is O=CC#Cc1ccccc1Nc1ccccc1. The van der Waals surface area contributed by atoms with Gasteiger partial charge in [0, 0.05) is 11.3 Å². The van der Waals surface area contributed by atoms with Crippen LogP contribution in [0.15, 0.2) is 54.6 Å². The van der Waals surface area contributed by atoms with E-state index >= 15 is 0 Å². The Labute approximate surface area is 100 Å². The van der Waals surface area contributed by atoms with Gasteiger partial charge in [-0.05, 0) is 30.2 Å². The maximum Gasteiger partial charge on any atom is 0.193 e. The molecule has 82 valence electrons. The molecule has 0 unspecified atom stereocenters. The van der Waals surface area contributed by atoms with E-state index in [-0.39, 0.29) is 0 Å². The van der Waals surface area contributed by atoms with Crippen molar-refractivity contribution in [2.24, 2.45) is 0 Å². The van der Waals surface area contributed by atoms with Crippen molar-refractivity contribution in [1.29, 1.82) is 0 Å². The van der Waals surface area contributed by atoms with Crippen molar-refractivity contribution in [2.45, 2.75) is 0 Å². The molecule has 2 aromatic rings. The van der Waals surface area contributed by atoms with Crippen molar-refractivity contribution < 1.29 is 4.79 Å². The minimum absolute atomic E-state index is 0.597. The minimum atomic E-state index is 0.597. The zero-order valence-corrected chi connectivity index (χ0v) is 9.18. The third-order valence-corrected chi connectivity index (χ3v) is 2.25. The average Bonchev–Trinajstić information content (AvgIpc) is 2.39. The highest BCUT2D eigenvalue weighted by atomic mass is 16.1. The Balaban J connectivity index is 2.30. The largest absolute Gasteiger partial charge is 0.355 e. The third-order valence-electron chi connectivity index (χ3n) is 2.25. The molecular formula is C15H11NO. The van der Waals surface area contributed by atoms with Crippen LogP contribution in [0.2, 0.25) is 0 Å². The minimum Gasteiger partial charge on any atom is -0.355 e. The Morgan fingerprint density at radius 2 is 1.65 bits per heavy atom. The molecule has 2 aromatic carbocycles. The van der Waals surface area contributed by atoms with Gasteiger partial charge in [-0.1, -0.05) is 36.3 Å². The molecule has 0 atom stereocenters. The number of aldehydes is 1. The summed E-state index contributed by atoms with van der Waals surface area (Å²) in [7, 11) is 0. The van der Waals surface area contributed by atoms with E-state index in [4.69, 9.17) is 0 Å². The van der Waals surface area contributed by atoms with Crippen molar-refractivity contribution in [3.8, 4) is 11.8 Å². The summed E-state index contributed by atoms with van der Waals surface area (Å²) in [6.45, 7) is 0. The summed E-state index contributed by atoms with van der Waals surface area (Å²) in [5.41, 5.74) is 2.70. The number of benzene rings is 2. The molecule has 0 heterocycles. The summed E-state index contributed by atoms with van der Waals surface area (Å²) < 4.78 is 0. The average molecular weight is 221 g/mol. The molecule has 0 fully saturated rings. The Hall–Kier alpha value is -2.53. The molecule has 0 amide bonds. The summed E-state index contributed by atoms with van der Waals surface area (Å²) in [5, 5.41) is 3.26. The highest BCUT2D eigenvalue weighted by Crippen LogP contribution is 2.19. The van der Waals surface area contributed by atoms with Crippen LogP contribution in [0.5, 0.6) is 0 Å². The number of para-hydroxylation sites is 2. The first kappa shape index (κ1) is 11.0. The fourth-order valence-electron chi connectivity index (χ4n) is 1.49. The van der Waals surface area contributed by atoms with E-state index in [1.54, 1.807) is 0 Å². The smallest absolute Gasteiger partial charge is 0.193 e. The maximum absolute atomic E-state index is 10.3. The first-order valence-electron chi connectivity index (χ1n) is 5.26. The number of carbonyl (C=O) groups is 1. The van der Waals surface area contributed by atoms with E-state index in [0.29, 0.717) is 6.29 Å². The lowest BCUT2D eigenvalue weighted by atomic mass is 10.1. The number of nitrogens with one attached hydrogen (secondary N) is 1. The molecule has 17 heavy (non-hydrogen) atoms. The lowest BCUT2D eigenvalue weighted by Crippen LogP contribution is -1.92. The molecule has 0 aromatic heterocycles. The second-order valence-electron chi connectivity index (χ2n) is 3.42. The van der Waals surface area contributed by atoms with Gasteiger partial charge in [0.2, 0.25) is 0 Å². The summed E-state index contributed by atoms with van der Waals surface area (Å²) in [6, 6.07) is 17.5. The standard InChI is InChI=1S/C15H11NO/c17-12-6-8-13-7-4-5-11-15(13)16-14-9-2-1-3-10-14/h1-5,7,9-12,16H. The molecule has 0 bridgehead atoms. The first-order chi connectivity index (χ1) is 8.40. The van der Waals surface area contributed by atoms with E-state index in [1.165, 1.54) is 0 Å². The van der Waals surface area contributed by atoms with E-state index in [2.05, 4.69) is 17.2 Å². The highest BCUT2D eigenvalue weighted by molar-refractivity contribution is 5.76. The van der Waals surface area contributed by atoms with Gasteiger partial charge in [-0.25, -0.2) is 0 Å². The molecule has 0 aliphatic rings. The molecular weight excluding hydrogens is 210 g/mol. The van der Waals surface area contributed by atoms with E-state index < -0.39 is 0 Å². The predicted molar refractivity (Wildman–Crippen MR) is 69.1 cm³/mol. The molecule has 0 spiro atoms. The summed E-state index contributed by atoms with van der Waals surface area (Å²) in [5.74, 6) is 5.22.